The van der Waals surface area contributed by atoms with Gasteiger partial charge >= 0.3 is 0 Å². The quantitative estimate of drug-likeness (QED) is 0.413. The van der Waals surface area contributed by atoms with Gasteiger partial charge < -0.3 is 14.8 Å². The summed E-state index contributed by atoms with van der Waals surface area (Å²) in [7, 11) is -2.50. The second-order valence-electron chi connectivity index (χ2n) is 9.75. The number of fused-ring (bicyclic) bond motifs is 1. The van der Waals surface area contributed by atoms with Gasteiger partial charge in [0.15, 0.2) is 4.90 Å². The highest BCUT2D eigenvalue weighted by atomic mass is 32.2. The van der Waals surface area contributed by atoms with Crippen LogP contribution in [0.2, 0.25) is 0 Å². The number of pyridine rings is 2. The highest BCUT2D eigenvalue weighted by Crippen LogP contribution is 2.32. The maximum absolute atomic E-state index is 14.0. The molecule has 12 heteroatoms. The summed E-state index contributed by atoms with van der Waals surface area (Å²) >= 11 is 1.86. The van der Waals surface area contributed by atoms with Gasteiger partial charge in [-0.25, -0.2) is 22.5 Å². The Morgan fingerprint density at radius 3 is 2.54 bits per heavy atom. The van der Waals surface area contributed by atoms with Crippen LogP contribution in [-0.4, -0.2) is 61.1 Å². The molecule has 0 bridgehead atoms. The summed E-state index contributed by atoms with van der Waals surface area (Å²) in [5, 5.41) is 3.66. The van der Waals surface area contributed by atoms with E-state index in [1.165, 1.54) is 7.11 Å². The van der Waals surface area contributed by atoms with E-state index >= 15 is 0 Å². The molecule has 0 radical (unpaired) electrons. The van der Waals surface area contributed by atoms with Crippen LogP contribution in [0.5, 0.6) is 11.6 Å². The number of amides is 1. The van der Waals surface area contributed by atoms with Gasteiger partial charge in [0.1, 0.15) is 23.2 Å². The summed E-state index contributed by atoms with van der Waals surface area (Å²) < 4.78 is 54.9. The molecular weight excluding hydrogens is 543 g/mol. The molecule has 1 saturated carbocycles. The maximum atomic E-state index is 14.0. The molecule has 1 aliphatic heterocycles. The number of carbonyl (C=O) groups excluding carboxylic acids is 1. The number of nitrogens with zero attached hydrogens (tertiary/aromatic N) is 2. The molecule has 3 heterocycles. The lowest BCUT2D eigenvalue weighted by molar-refractivity contribution is 0.0914. The monoisotopic (exact) mass is 574 g/mol. The van der Waals surface area contributed by atoms with Crippen molar-refractivity contribution in [2.75, 3.05) is 18.6 Å². The van der Waals surface area contributed by atoms with Crippen molar-refractivity contribution in [3.8, 4) is 11.6 Å². The third-order valence-electron chi connectivity index (χ3n) is 7.07. The van der Waals surface area contributed by atoms with Gasteiger partial charge in [0.2, 0.25) is 15.9 Å². The van der Waals surface area contributed by atoms with Gasteiger partial charge in [-0.15, -0.1) is 0 Å². The zero-order valence-electron chi connectivity index (χ0n) is 21.6. The molecule has 208 valence electrons. The van der Waals surface area contributed by atoms with Crippen molar-refractivity contribution in [2.24, 2.45) is 0 Å². The minimum atomic E-state index is -3.93. The van der Waals surface area contributed by atoms with Crippen LogP contribution in [0.15, 0.2) is 47.6 Å². The van der Waals surface area contributed by atoms with E-state index in [0.29, 0.717) is 36.6 Å². The number of aromatic nitrogens is 2. The van der Waals surface area contributed by atoms with Crippen LogP contribution in [0, 0.1) is 5.82 Å². The Bertz CT molecular complexity index is 1440. The minimum absolute atomic E-state index is 0.0150. The Kier molecular flexibility index (Phi) is 8.53. The van der Waals surface area contributed by atoms with Crippen LogP contribution in [0.25, 0.3) is 10.9 Å². The zero-order valence-corrected chi connectivity index (χ0v) is 23.2. The van der Waals surface area contributed by atoms with Crippen LogP contribution in [-0.2, 0) is 10.0 Å². The summed E-state index contributed by atoms with van der Waals surface area (Å²) in [6.45, 7) is 0. The number of rotatable bonds is 8. The third kappa shape index (κ3) is 6.44. The van der Waals surface area contributed by atoms with Gasteiger partial charge in [-0.3, -0.25) is 9.78 Å². The van der Waals surface area contributed by atoms with E-state index < -0.39 is 21.7 Å². The van der Waals surface area contributed by atoms with E-state index in [-0.39, 0.29) is 40.3 Å². The Balaban J connectivity index is 1.22. The van der Waals surface area contributed by atoms with Crippen LogP contribution in [0.4, 0.5) is 4.39 Å². The van der Waals surface area contributed by atoms with Crippen LogP contribution < -0.4 is 19.5 Å². The molecule has 0 spiro atoms. The largest absolute Gasteiger partial charge is 0.495 e. The lowest BCUT2D eigenvalue weighted by Gasteiger charge is -2.30. The normalized spacial score (nSPS) is 20.5. The molecule has 9 nitrogen and oxygen atoms in total. The van der Waals surface area contributed by atoms with E-state index in [4.69, 9.17) is 9.47 Å². The molecule has 3 aromatic rings. The Labute approximate surface area is 231 Å². The number of thioether (sulfide) groups is 1. The van der Waals surface area contributed by atoms with Gasteiger partial charge in [0.25, 0.3) is 5.91 Å². The van der Waals surface area contributed by atoms with E-state index in [1.54, 1.807) is 30.5 Å². The fourth-order valence-corrected chi connectivity index (χ4v) is 7.75. The Hall–Kier alpha value is -2.96. The fraction of sp³-hybridized carbons (Fsp3) is 0.444. The lowest BCUT2D eigenvalue weighted by atomic mass is 9.91. The predicted octanol–water partition coefficient (Wildman–Crippen LogP) is 4.07. The summed E-state index contributed by atoms with van der Waals surface area (Å²) in [6.07, 6.45) is 6.43. The molecular formula is C27H31FN4O5S2. The highest BCUT2D eigenvalue weighted by Gasteiger charge is 2.31. The topological polar surface area (TPSA) is 120 Å². The molecule has 0 atom stereocenters. The van der Waals surface area contributed by atoms with Crippen molar-refractivity contribution in [3.05, 3.63) is 54.1 Å². The van der Waals surface area contributed by atoms with Crippen LogP contribution >= 0.6 is 11.8 Å². The first-order valence-corrected chi connectivity index (χ1v) is 15.6. The zero-order chi connectivity index (χ0) is 27.4. The standard InChI is InChI=1S/C27H31FN4O5S2/c1-36-23-9-4-17-3-2-12-29-24(17)25(23)39(34,35)32-20-7-5-19(6-8-20)31-26(33)22-15-18(28)16-30-27(22)37-21-10-13-38-14-11-21/h2-4,9,12,15-16,19-21,32H,5-8,10-11,13-14H2,1H3,(H,31,33). The second kappa shape index (κ2) is 12.1. The van der Waals surface area contributed by atoms with E-state index in [9.17, 15) is 17.6 Å². The Morgan fingerprint density at radius 1 is 1.05 bits per heavy atom. The van der Waals surface area contributed by atoms with Crippen molar-refractivity contribution in [3.63, 3.8) is 0 Å². The van der Waals surface area contributed by atoms with E-state index in [2.05, 4.69) is 20.0 Å². The summed E-state index contributed by atoms with van der Waals surface area (Å²) in [5.41, 5.74) is 0.422. The number of ether oxygens (including phenoxy) is 2. The fourth-order valence-electron chi connectivity index (χ4n) is 5.05. The predicted molar refractivity (Wildman–Crippen MR) is 147 cm³/mol. The second-order valence-corrected chi connectivity index (χ2v) is 12.6. The van der Waals surface area contributed by atoms with Gasteiger partial charge in [-0.2, -0.15) is 11.8 Å². The highest BCUT2D eigenvalue weighted by molar-refractivity contribution is 7.99. The van der Waals surface area contributed by atoms with E-state index in [1.807, 2.05) is 11.8 Å². The lowest BCUT2D eigenvalue weighted by Crippen LogP contribution is -2.44. The van der Waals surface area contributed by atoms with Crippen LogP contribution in [0.3, 0.4) is 0 Å². The van der Waals surface area contributed by atoms with Crippen LogP contribution in [0.1, 0.15) is 48.9 Å². The van der Waals surface area contributed by atoms with Crippen molar-refractivity contribution < 1.29 is 27.1 Å². The maximum Gasteiger partial charge on any atom is 0.257 e. The first-order chi connectivity index (χ1) is 18.8. The van der Waals surface area contributed by atoms with Gasteiger partial charge in [-0.1, -0.05) is 6.07 Å². The molecule has 2 N–H and O–H groups in total. The summed E-state index contributed by atoms with van der Waals surface area (Å²) in [5.74, 6) is 1.27. The number of carbonyl (C=O) groups is 1. The molecule has 0 unspecified atom stereocenters. The molecule has 1 amide bonds. The van der Waals surface area contributed by atoms with Crippen molar-refractivity contribution in [2.45, 2.75) is 61.6 Å². The third-order valence-corrected chi connectivity index (χ3v) is 9.70. The molecule has 1 saturated heterocycles. The smallest absolute Gasteiger partial charge is 0.257 e. The van der Waals surface area contributed by atoms with Gasteiger partial charge in [0, 0.05) is 23.7 Å². The number of benzene rings is 1. The number of methoxy groups -OCH3 is 1. The minimum Gasteiger partial charge on any atom is -0.495 e. The molecule has 2 aromatic heterocycles. The van der Waals surface area contributed by atoms with Crippen molar-refractivity contribution in [1.29, 1.82) is 0 Å². The number of hydrogen-bond acceptors (Lipinski definition) is 8. The number of hydrogen-bond donors (Lipinski definition) is 2. The number of halogens is 1. The molecule has 39 heavy (non-hydrogen) atoms. The molecule has 1 aromatic carbocycles. The molecule has 2 aliphatic rings. The van der Waals surface area contributed by atoms with Crippen molar-refractivity contribution in [1.82, 2.24) is 20.0 Å². The van der Waals surface area contributed by atoms with E-state index in [0.717, 1.165) is 36.6 Å². The SMILES string of the molecule is COc1ccc2cccnc2c1S(=O)(=O)NC1CCC(NC(=O)c2cc(F)cnc2OC2CCSCC2)CC1. The first kappa shape index (κ1) is 27.6. The average molecular weight is 575 g/mol. The number of sulfonamides is 1. The summed E-state index contributed by atoms with van der Waals surface area (Å²) in [6, 6.07) is 7.59. The van der Waals surface area contributed by atoms with Gasteiger partial charge in [-0.05, 0) is 74.3 Å². The average Bonchev–Trinajstić information content (AvgIpc) is 2.94. The first-order valence-electron chi connectivity index (χ1n) is 13.0. The molecule has 5 rings (SSSR count). The van der Waals surface area contributed by atoms with Crippen molar-refractivity contribution >= 4 is 38.6 Å². The Morgan fingerprint density at radius 2 is 1.79 bits per heavy atom. The summed E-state index contributed by atoms with van der Waals surface area (Å²) in [4.78, 5) is 21.4. The van der Waals surface area contributed by atoms with Gasteiger partial charge in [0.05, 0.1) is 18.8 Å². The molecule has 2 fully saturated rings. The number of nitrogens with one attached hydrogen (secondary N) is 2. The molecule has 1 aliphatic carbocycles.